The Bertz CT molecular complexity index is 1040. The van der Waals surface area contributed by atoms with E-state index in [1.165, 1.54) is 11.1 Å². The predicted molar refractivity (Wildman–Crippen MR) is 136 cm³/mol. The van der Waals surface area contributed by atoms with Gasteiger partial charge in [-0.2, -0.15) is 0 Å². The third-order valence-electron chi connectivity index (χ3n) is 4.91. The molecule has 0 aliphatic heterocycles. The number of aryl methyl sites for hydroxylation is 1. The molecule has 0 bridgehead atoms. The zero-order valence-electron chi connectivity index (χ0n) is 19.0. The van der Waals surface area contributed by atoms with E-state index in [0.717, 1.165) is 28.3 Å². The summed E-state index contributed by atoms with van der Waals surface area (Å²) in [5, 5.41) is 0. The van der Waals surface area contributed by atoms with Crippen molar-refractivity contribution in [2.45, 2.75) is 46.5 Å². The fraction of sp³-hybridized carbons (Fsp3) is 0.269. The quantitative estimate of drug-likeness (QED) is 0.242. The van der Waals surface area contributed by atoms with Crippen molar-refractivity contribution in [3.8, 4) is 0 Å². The second-order valence-electron chi connectivity index (χ2n) is 7.94. The molecular weight excluding hydrogens is 481 g/mol. The van der Waals surface area contributed by atoms with E-state index in [1.807, 2.05) is 42.6 Å². The van der Waals surface area contributed by atoms with Gasteiger partial charge < -0.3 is 0 Å². The number of halogens is 2. The van der Waals surface area contributed by atoms with Gasteiger partial charge in [0.25, 0.3) is 0 Å². The molecule has 170 valence electrons. The van der Waals surface area contributed by atoms with E-state index in [-0.39, 0.29) is 13.1 Å². The van der Waals surface area contributed by atoms with Crippen LogP contribution in [0.2, 0.25) is 0 Å². The van der Waals surface area contributed by atoms with E-state index in [1.54, 1.807) is 6.21 Å². The fourth-order valence-electron chi connectivity index (χ4n) is 3.25. The summed E-state index contributed by atoms with van der Waals surface area (Å²) in [6.45, 7) is 10.9. The summed E-state index contributed by atoms with van der Waals surface area (Å²) in [7, 11) is 9.53. The van der Waals surface area contributed by atoms with Gasteiger partial charge in [-0.15, -0.1) is 0 Å². The Balaban J connectivity index is 0.00000114. The van der Waals surface area contributed by atoms with Crippen LogP contribution in [0, 0.1) is 6.92 Å². The Morgan fingerprint density at radius 3 is 1.78 bits per heavy atom. The predicted octanol–water partition coefficient (Wildman–Crippen LogP) is 8.51. The zero-order chi connectivity index (χ0) is 23.5. The number of aliphatic imine (C=N–C) groups is 2. The first-order valence-corrected chi connectivity index (χ1v) is 13.5. The SMILES string of the molecule is Cc1ccccc1N=Cc1cccc(C=Nc2c(C(C)C)cccc2C(C)C)n1.[Cl][Fe][Cl]. The van der Waals surface area contributed by atoms with Gasteiger partial charge in [-0.3, -0.25) is 9.98 Å². The summed E-state index contributed by atoms with van der Waals surface area (Å²) >= 11 is 0.194. The molecule has 3 rings (SSSR count). The number of pyridine rings is 1. The molecule has 0 atom stereocenters. The molecule has 0 saturated heterocycles. The normalized spacial score (nSPS) is 11.5. The Morgan fingerprint density at radius 1 is 0.750 bits per heavy atom. The van der Waals surface area contributed by atoms with Crippen LogP contribution >= 0.6 is 20.2 Å². The van der Waals surface area contributed by atoms with Crippen LogP contribution in [-0.4, -0.2) is 17.4 Å². The van der Waals surface area contributed by atoms with Crippen molar-refractivity contribution in [3.05, 3.63) is 88.7 Å². The number of para-hydroxylation sites is 2. The molecule has 6 heteroatoms. The van der Waals surface area contributed by atoms with Crippen molar-refractivity contribution in [2.75, 3.05) is 0 Å². The average molecular weight is 510 g/mol. The number of hydrogen-bond donors (Lipinski definition) is 0. The summed E-state index contributed by atoms with van der Waals surface area (Å²) in [6.07, 6.45) is 3.67. The first kappa shape index (κ1) is 26.3. The minimum absolute atomic E-state index is 0.194. The van der Waals surface area contributed by atoms with Gasteiger partial charge in [-0.1, -0.05) is 70.2 Å². The van der Waals surface area contributed by atoms with Crippen molar-refractivity contribution in [3.63, 3.8) is 0 Å². The molecule has 1 aromatic heterocycles. The van der Waals surface area contributed by atoms with Crippen molar-refractivity contribution < 1.29 is 13.1 Å². The van der Waals surface area contributed by atoms with Gasteiger partial charge >= 0.3 is 33.3 Å². The fourth-order valence-corrected chi connectivity index (χ4v) is 3.25. The Labute approximate surface area is 206 Å². The van der Waals surface area contributed by atoms with Crippen LogP contribution in [0.4, 0.5) is 11.4 Å². The van der Waals surface area contributed by atoms with Crippen molar-refractivity contribution in [1.82, 2.24) is 4.98 Å². The Kier molecular flexibility index (Phi) is 11.1. The number of nitrogens with zero attached hydrogens (tertiary/aromatic N) is 3. The first-order chi connectivity index (χ1) is 15.4. The van der Waals surface area contributed by atoms with Crippen LogP contribution < -0.4 is 0 Å². The van der Waals surface area contributed by atoms with E-state index in [9.17, 15) is 0 Å². The molecule has 0 amide bonds. The van der Waals surface area contributed by atoms with Crippen LogP contribution in [-0.2, 0) is 13.1 Å². The van der Waals surface area contributed by atoms with E-state index < -0.39 is 0 Å². The average Bonchev–Trinajstić information content (AvgIpc) is 2.77. The standard InChI is InChI=1S/C26H29N3.2ClH.Fe/c1-18(2)23-13-9-14-24(19(3)4)26(23)28-17-22-12-8-11-21(29-22)16-27-25-15-7-6-10-20(25)5;;;/h6-19H,1-5H3;2*1H;/q;;;+2/p-2. The first-order valence-electron chi connectivity index (χ1n) is 10.5. The van der Waals surface area contributed by atoms with Gasteiger partial charge in [0.15, 0.2) is 0 Å². The van der Waals surface area contributed by atoms with E-state index >= 15 is 0 Å². The van der Waals surface area contributed by atoms with Gasteiger partial charge in [0.2, 0.25) is 0 Å². The molecule has 32 heavy (non-hydrogen) atoms. The molecule has 0 fully saturated rings. The second kappa shape index (κ2) is 13.5. The molecule has 0 spiro atoms. The maximum atomic E-state index is 4.86. The molecule has 1 heterocycles. The molecular formula is C26H29Cl2FeN3. The summed E-state index contributed by atoms with van der Waals surface area (Å²) in [5.41, 5.74) is 7.35. The van der Waals surface area contributed by atoms with E-state index in [2.05, 4.69) is 68.9 Å². The number of hydrogen-bond acceptors (Lipinski definition) is 3. The molecule has 3 nitrogen and oxygen atoms in total. The van der Waals surface area contributed by atoms with Crippen LogP contribution in [0.15, 0.2) is 70.6 Å². The van der Waals surface area contributed by atoms with Crippen LogP contribution in [0.25, 0.3) is 0 Å². The van der Waals surface area contributed by atoms with Crippen LogP contribution in [0.5, 0.6) is 0 Å². The van der Waals surface area contributed by atoms with Crippen LogP contribution in [0.3, 0.4) is 0 Å². The van der Waals surface area contributed by atoms with Crippen molar-refractivity contribution in [1.29, 1.82) is 0 Å². The number of rotatable bonds is 6. The van der Waals surface area contributed by atoms with Crippen molar-refractivity contribution in [2.24, 2.45) is 9.98 Å². The molecule has 0 aliphatic carbocycles. The maximum absolute atomic E-state index is 4.86. The van der Waals surface area contributed by atoms with Crippen LogP contribution in [0.1, 0.15) is 67.6 Å². The zero-order valence-corrected chi connectivity index (χ0v) is 21.7. The molecule has 0 saturated carbocycles. The Hall–Kier alpha value is -1.97. The summed E-state index contributed by atoms with van der Waals surface area (Å²) in [5.74, 6) is 0.836. The second-order valence-corrected chi connectivity index (χ2v) is 9.76. The number of aromatic nitrogens is 1. The van der Waals surface area contributed by atoms with E-state index in [4.69, 9.17) is 25.2 Å². The van der Waals surface area contributed by atoms with Gasteiger partial charge in [-0.25, -0.2) is 4.98 Å². The van der Waals surface area contributed by atoms with Gasteiger partial charge in [0.1, 0.15) is 0 Å². The molecule has 0 N–H and O–H groups in total. The Morgan fingerprint density at radius 2 is 1.25 bits per heavy atom. The molecule has 0 aliphatic rings. The van der Waals surface area contributed by atoms with Gasteiger partial charge in [-0.05, 0) is 53.6 Å². The summed E-state index contributed by atoms with van der Waals surface area (Å²) < 4.78 is 0. The number of benzene rings is 2. The van der Waals surface area contributed by atoms with Gasteiger partial charge in [0, 0.05) is 0 Å². The van der Waals surface area contributed by atoms with Crippen molar-refractivity contribution >= 4 is 44.0 Å². The third-order valence-corrected chi connectivity index (χ3v) is 4.91. The topological polar surface area (TPSA) is 37.6 Å². The van der Waals surface area contributed by atoms with Gasteiger partial charge in [0.05, 0.1) is 35.2 Å². The summed E-state index contributed by atoms with van der Waals surface area (Å²) in [4.78, 5) is 14.1. The molecule has 0 unspecified atom stereocenters. The molecule has 2 aromatic carbocycles. The minimum atomic E-state index is 0.194. The molecule has 3 aromatic rings. The summed E-state index contributed by atoms with van der Waals surface area (Å²) in [6, 6.07) is 20.5. The van der Waals surface area contributed by atoms with E-state index in [0.29, 0.717) is 11.8 Å². The third kappa shape index (κ3) is 7.86. The monoisotopic (exact) mass is 509 g/mol. The molecule has 0 radical (unpaired) electrons.